The van der Waals surface area contributed by atoms with Crippen LogP contribution < -0.4 is 4.52 Å². The van der Waals surface area contributed by atoms with Crippen LogP contribution in [-0.4, -0.2) is 18.3 Å². The first-order chi connectivity index (χ1) is 8.09. The number of carbonyl (C=O) groups excluding carboxylic acids is 1. The fraction of sp³-hybridized carbons (Fsp3) is 0.364. The largest absolute Gasteiger partial charge is 0.428 e. The molecule has 1 aliphatic carbocycles. The number of carbonyl (C=O) groups is 1. The molecule has 0 spiro atoms. The van der Waals surface area contributed by atoms with E-state index in [4.69, 9.17) is 4.52 Å². The van der Waals surface area contributed by atoms with Crippen molar-refractivity contribution < 1.29 is 13.9 Å². The molecule has 0 N–H and O–H groups in total. The van der Waals surface area contributed by atoms with E-state index in [2.05, 4.69) is 0 Å². The fourth-order valence-electron chi connectivity index (χ4n) is 1.82. The van der Waals surface area contributed by atoms with Crippen molar-refractivity contribution in [3.8, 4) is 5.75 Å². The topological polar surface area (TPSA) is 43.4 Å². The van der Waals surface area contributed by atoms with Gasteiger partial charge in [-0.05, 0) is 30.6 Å². The molecule has 6 heteroatoms. The third-order valence-corrected chi connectivity index (χ3v) is 9.80. The summed E-state index contributed by atoms with van der Waals surface area (Å²) in [6.07, 6.45) is 4.79. The number of benzene rings is 1. The van der Waals surface area contributed by atoms with E-state index in [9.17, 15) is 9.36 Å². The van der Waals surface area contributed by atoms with Crippen LogP contribution in [0, 0.1) is 0 Å². The molecule has 92 valence electrons. The summed E-state index contributed by atoms with van der Waals surface area (Å²) in [5, 5.41) is 0. The first kappa shape index (κ1) is 13.1. The highest BCUT2D eigenvalue weighted by Crippen LogP contribution is 2.67. The number of hydrogen-bond donors (Lipinski definition) is 0. The molecular weight excluding hydrogens is 275 g/mol. The van der Waals surface area contributed by atoms with Crippen LogP contribution in [0.1, 0.15) is 22.3 Å². The standard InChI is InChI=1S/C11H13O3PS2/c1-16-15(13,17-2)14-10-5-3-4-8-6-7-9(12)11(8)10/h3-5H,6-7H2,1-2H3. The van der Waals surface area contributed by atoms with Gasteiger partial charge in [-0.25, -0.2) is 0 Å². The molecule has 1 aromatic rings. The van der Waals surface area contributed by atoms with E-state index in [0.717, 1.165) is 12.0 Å². The Morgan fingerprint density at radius 1 is 1.24 bits per heavy atom. The summed E-state index contributed by atoms with van der Waals surface area (Å²) in [5.74, 6) is -2.22. The van der Waals surface area contributed by atoms with Crippen LogP contribution in [0.5, 0.6) is 5.75 Å². The van der Waals surface area contributed by atoms with E-state index in [1.807, 2.05) is 12.1 Å². The maximum Gasteiger partial charge on any atom is 0.359 e. The van der Waals surface area contributed by atoms with Gasteiger partial charge in [-0.1, -0.05) is 34.9 Å². The van der Waals surface area contributed by atoms with Crippen molar-refractivity contribution >= 4 is 34.3 Å². The molecule has 0 bridgehead atoms. The van der Waals surface area contributed by atoms with E-state index in [1.165, 1.54) is 22.8 Å². The summed E-state index contributed by atoms with van der Waals surface area (Å²) in [7, 11) is 0. The van der Waals surface area contributed by atoms with Gasteiger partial charge < -0.3 is 4.52 Å². The number of hydrogen-bond acceptors (Lipinski definition) is 5. The Morgan fingerprint density at radius 2 is 1.94 bits per heavy atom. The number of Topliss-reactive ketones (excluding diaryl/α,β-unsaturated/α-hetero) is 1. The van der Waals surface area contributed by atoms with E-state index in [1.54, 1.807) is 18.6 Å². The van der Waals surface area contributed by atoms with Gasteiger partial charge in [0, 0.05) is 6.42 Å². The Balaban J connectivity index is 2.38. The second-order valence-corrected chi connectivity index (χ2v) is 11.2. The summed E-state index contributed by atoms with van der Waals surface area (Å²) < 4.78 is 17.8. The van der Waals surface area contributed by atoms with Gasteiger partial charge in [-0.2, -0.15) is 0 Å². The van der Waals surface area contributed by atoms with Crippen LogP contribution in [0.4, 0.5) is 0 Å². The third kappa shape index (κ3) is 2.56. The molecule has 0 heterocycles. The van der Waals surface area contributed by atoms with Gasteiger partial charge in [0.15, 0.2) is 5.78 Å². The number of ketones is 1. The normalized spacial score (nSPS) is 14.8. The summed E-state index contributed by atoms with van der Waals surface area (Å²) in [4.78, 5) is 11.8. The maximum atomic E-state index is 12.2. The lowest BCUT2D eigenvalue weighted by Crippen LogP contribution is -1.97. The first-order valence-electron chi connectivity index (χ1n) is 5.16. The predicted octanol–water partition coefficient (Wildman–Crippen LogP) is 4.03. The lowest BCUT2D eigenvalue weighted by molar-refractivity contribution is 0.0993. The van der Waals surface area contributed by atoms with Crippen LogP contribution in [-0.2, 0) is 11.0 Å². The SMILES string of the molecule is CSP(=O)(Oc1cccc2c1C(=O)CC2)SC. The van der Waals surface area contributed by atoms with E-state index >= 15 is 0 Å². The summed E-state index contributed by atoms with van der Waals surface area (Å²) in [6.45, 7) is 0. The highest BCUT2D eigenvalue weighted by molar-refractivity contribution is 8.89. The van der Waals surface area contributed by atoms with Gasteiger partial charge >= 0.3 is 5.77 Å². The van der Waals surface area contributed by atoms with Gasteiger partial charge in [-0.15, -0.1) is 0 Å². The zero-order valence-corrected chi connectivity index (χ0v) is 12.2. The van der Waals surface area contributed by atoms with Crippen molar-refractivity contribution in [2.75, 3.05) is 12.5 Å². The number of fused-ring (bicyclic) bond motifs is 1. The average molecular weight is 288 g/mol. The van der Waals surface area contributed by atoms with Crippen LogP contribution in [0.2, 0.25) is 0 Å². The van der Waals surface area contributed by atoms with Gasteiger partial charge in [0.05, 0.1) is 5.56 Å². The molecule has 0 unspecified atom stereocenters. The summed E-state index contributed by atoms with van der Waals surface area (Å²) >= 11 is 2.40. The minimum Gasteiger partial charge on any atom is -0.428 e. The smallest absolute Gasteiger partial charge is 0.359 e. The number of rotatable bonds is 4. The molecule has 0 fully saturated rings. The Bertz CT molecular complexity index is 493. The van der Waals surface area contributed by atoms with Crippen molar-refractivity contribution in [2.24, 2.45) is 0 Å². The molecular formula is C11H13O3PS2. The van der Waals surface area contributed by atoms with E-state index in [0.29, 0.717) is 17.7 Å². The molecule has 0 saturated carbocycles. The highest BCUT2D eigenvalue weighted by Gasteiger charge is 2.28. The number of aryl methyl sites for hydroxylation is 1. The Morgan fingerprint density at radius 3 is 2.59 bits per heavy atom. The molecule has 0 amide bonds. The van der Waals surface area contributed by atoms with Crippen molar-refractivity contribution in [2.45, 2.75) is 12.8 Å². The Kier molecular flexibility index (Phi) is 3.91. The first-order valence-corrected chi connectivity index (χ1v) is 10.4. The summed E-state index contributed by atoms with van der Waals surface area (Å²) in [5.41, 5.74) is 1.62. The fourth-order valence-corrected chi connectivity index (χ4v) is 5.23. The minimum atomic E-state index is -2.78. The molecule has 1 aromatic carbocycles. The zero-order valence-electron chi connectivity index (χ0n) is 9.63. The lowest BCUT2D eigenvalue weighted by Gasteiger charge is -2.16. The second kappa shape index (κ2) is 5.09. The van der Waals surface area contributed by atoms with Crippen LogP contribution in [0.3, 0.4) is 0 Å². The Hall–Kier alpha value is -0.380. The molecule has 3 nitrogen and oxygen atoms in total. The third-order valence-electron chi connectivity index (χ3n) is 2.67. The average Bonchev–Trinajstić information content (AvgIpc) is 2.72. The van der Waals surface area contributed by atoms with Gasteiger partial charge in [0.2, 0.25) is 0 Å². The molecule has 17 heavy (non-hydrogen) atoms. The van der Waals surface area contributed by atoms with Crippen molar-refractivity contribution in [1.29, 1.82) is 0 Å². The van der Waals surface area contributed by atoms with E-state index in [-0.39, 0.29) is 5.78 Å². The predicted molar refractivity (Wildman–Crippen MR) is 74.4 cm³/mol. The molecule has 0 saturated heterocycles. The molecule has 1 aliphatic rings. The van der Waals surface area contributed by atoms with E-state index < -0.39 is 5.77 Å². The Labute approximate surface area is 109 Å². The second-order valence-electron chi connectivity index (χ2n) is 3.62. The molecule has 0 aliphatic heterocycles. The lowest BCUT2D eigenvalue weighted by atomic mass is 10.1. The molecule has 0 aromatic heterocycles. The minimum absolute atomic E-state index is 0.0874. The van der Waals surface area contributed by atoms with Crippen LogP contribution in [0.25, 0.3) is 0 Å². The van der Waals surface area contributed by atoms with Gasteiger partial charge in [0.1, 0.15) is 5.75 Å². The monoisotopic (exact) mass is 288 g/mol. The summed E-state index contributed by atoms with van der Waals surface area (Å²) in [6, 6.07) is 5.50. The molecule has 0 radical (unpaired) electrons. The van der Waals surface area contributed by atoms with Crippen LogP contribution in [0.15, 0.2) is 18.2 Å². The van der Waals surface area contributed by atoms with Gasteiger partial charge in [-0.3, -0.25) is 9.36 Å². The van der Waals surface area contributed by atoms with Crippen molar-refractivity contribution in [1.82, 2.24) is 0 Å². The molecule has 2 rings (SSSR count). The maximum absolute atomic E-state index is 12.2. The van der Waals surface area contributed by atoms with Crippen molar-refractivity contribution in [3.63, 3.8) is 0 Å². The highest BCUT2D eigenvalue weighted by atomic mass is 33.1. The quantitative estimate of drug-likeness (QED) is 0.783. The van der Waals surface area contributed by atoms with Gasteiger partial charge in [0.25, 0.3) is 0 Å². The van der Waals surface area contributed by atoms with Crippen molar-refractivity contribution in [3.05, 3.63) is 29.3 Å². The zero-order chi connectivity index (χ0) is 12.5. The van der Waals surface area contributed by atoms with Crippen LogP contribution >= 0.6 is 28.5 Å². The molecule has 0 atom stereocenters.